The summed E-state index contributed by atoms with van der Waals surface area (Å²) in [5, 5.41) is 13.0. The number of hydrogen-bond donors (Lipinski definition) is 3. The largest absolute Gasteiger partial charge is 0.394 e. The van der Waals surface area contributed by atoms with Crippen molar-refractivity contribution in [3.8, 4) is 0 Å². The van der Waals surface area contributed by atoms with Gasteiger partial charge in [0.1, 0.15) is 6.04 Å². The summed E-state index contributed by atoms with van der Waals surface area (Å²) in [4.78, 5) is 29.2. The molecule has 1 atom stereocenters. The number of carbonyl (C=O) groups is 2. The number of benzene rings is 1. The van der Waals surface area contributed by atoms with Crippen molar-refractivity contribution < 1.29 is 19.4 Å². The molecule has 2 heterocycles. The van der Waals surface area contributed by atoms with E-state index in [0.29, 0.717) is 26.3 Å². The van der Waals surface area contributed by atoms with Crippen molar-refractivity contribution in [2.24, 2.45) is 0 Å². The molecule has 0 spiro atoms. The van der Waals surface area contributed by atoms with E-state index in [-0.39, 0.29) is 5.91 Å². The van der Waals surface area contributed by atoms with Crippen LogP contribution >= 0.6 is 0 Å². The number of H-pyrrole nitrogens is 1. The Morgan fingerprint density at radius 3 is 2.84 bits per heavy atom. The number of amides is 2. The monoisotopic (exact) mass is 343 g/mol. The predicted molar refractivity (Wildman–Crippen MR) is 93.7 cm³/mol. The maximum Gasteiger partial charge on any atom is 0.247 e. The highest BCUT2D eigenvalue weighted by atomic mass is 16.5. The Balaban J connectivity index is 1.63. The third-order valence-electron chi connectivity index (χ3n) is 4.16. The lowest BCUT2D eigenvalue weighted by molar-refractivity contribution is -0.140. The molecule has 7 heteroatoms. The Bertz CT molecular complexity index is 777. The van der Waals surface area contributed by atoms with Gasteiger partial charge in [-0.25, -0.2) is 0 Å². The number of aliphatic hydroxyl groups is 1. The minimum absolute atomic E-state index is 0.292. The molecule has 3 N–H and O–H groups in total. The molecule has 1 aromatic heterocycles. The first-order chi connectivity index (χ1) is 12.2. The molecule has 1 aliphatic heterocycles. The highest BCUT2D eigenvalue weighted by molar-refractivity contribution is 5.98. The van der Waals surface area contributed by atoms with Crippen molar-refractivity contribution in [2.45, 2.75) is 6.04 Å². The molecule has 1 aliphatic rings. The van der Waals surface area contributed by atoms with E-state index in [1.54, 1.807) is 11.0 Å². The van der Waals surface area contributed by atoms with Crippen LogP contribution in [0.2, 0.25) is 0 Å². The summed E-state index contributed by atoms with van der Waals surface area (Å²) in [7, 11) is 0. The Morgan fingerprint density at radius 2 is 2.08 bits per heavy atom. The number of aliphatic hydroxyl groups excluding tert-OH is 1. The Morgan fingerprint density at radius 1 is 1.32 bits per heavy atom. The van der Waals surface area contributed by atoms with Crippen LogP contribution in [0.5, 0.6) is 0 Å². The van der Waals surface area contributed by atoms with Crippen LogP contribution in [-0.4, -0.2) is 65.8 Å². The van der Waals surface area contributed by atoms with E-state index in [9.17, 15) is 14.7 Å². The summed E-state index contributed by atoms with van der Waals surface area (Å²) >= 11 is 0. The van der Waals surface area contributed by atoms with Crippen LogP contribution in [0.15, 0.2) is 36.5 Å². The fraction of sp³-hybridized carbons (Fsp3) is 0.333. The maximum atomic E-state index is 12.3. The Labute approximate surface area is 145 Å². The van der Waals surface area contributed by atoms with Crippen LogP contribution in [0.1, 0.15) is 5.56 Å². The first-order valence-electron chi connectivity index (χ1n) is 8.21. The molecule has 7 nitrogen and oxygen atoms in total. The van der Waals surface area contributed by atoms with Crippen molar-refractivity contribution >= 4 is 28.8 Å². The van der Waals surface area contributed by atoms with Crippen LogP contribution in [0.25, 0.3) is 17.0 Å². The van der Waals surface area contributed by atoms with E-state index >= 15 is 0 Å². The van der Waals surface area contributed by atoms with E-state index < -0.39 is 18.6 Å². The number of rotatable bonds is 5. The second-order valence-electron chi connectivity index (χ2n) is 5.80. The normalized spacial score (nSPS) is 16.3. The zero-order chi connectivity index (χ0) is 17.6. The molecule has 1 saturated heterocycles. The molecule has 3 rings (SSSR count). The molecule has 2 aromatic rings. The zero-order valence-corrected chi connectivity index (χ0v) is 13.8. The zero-order valence-electron chi connectivity index (χ0n) is 13.8. The molecule has 1 fully saturated rings. The van der Waals surface area contributed by atoms with Gasteiger partial charge in [0.25, 0.3) is 0 Å². The van der Waals surface area contributed by atoms with Crippen LogP contribution in [-0.2, 0) is 14.3 Å². The number of fused-ring (bicyclic) bond motifs is 1. The number of aromatic nitrogens is 1. The second kappa shape index (κ2) is 7.96. The third-order valence-corrected chi connectivity index (χ3v) is 4.16. The topological polar surface area (TPSA) is 94.7 Å². The summed E-state index contributed by atoms with van der Waals surface area (Å²) in [6, 6.07) is 6.83. The van der Waals surface area contributed by atoms with Crippen LogP contribution in [0.4, 0.5) is 0 Å². The minimum Gasteiger partial charge on any atom is -0.394 e. The fourth-order valence-electron chi connectivity index (χ4n) is 2.81. The maximum absolute atomic E-state index is 12.3. The quantitative estimate of drug-likeness (QED) is 0.690. The van der Waals surface area contributed by atoms with Crippen molar-refractivity contribution in [1.29, 1.82) is 0 Å². The fourth-order valence-corrected chi connectivity index (χ4v) is 2.81. The van der Waals surface area contributed by atoms with E-state index in [1.807, 2.05) is 30.5 Å². The van der Waals surface area contributed by atoms with E-state index in [4.69, 9.17) is 4.74 Å². The number of nitrogens with zero attached hydrogens (tertiary/aromatic N) is 1. The first-order valence-corrected chi connectivity index (χ1v) is 8.21. The first kappa shape index (κ1) is 17.2. The molecule has 132 valence electrons. The van der Waals surface area contributed by atoms with Gasteiger partial charge in [-0.2, -0.15) is 0 Å². The molecule has 25 heavy (non-hydrogen) atoms. The summed E-state index contributed by atoms with van der Waals surface area (Å²) in [5.41, 5.74) is 1.86. The van der Waals surface area contributed by atoms with Gasteiger partial charge in [-0.05, 0) is 17.7 Å². The Hall–Kier alpha value is -2.64. The molecule has 2 amide bonds. The highest BCUT2D eigenvalue weighted by Crippen LogP contribution is 2.18. The average Bonchev–Trinajstić information content (AvgIpc) is 3.08. The van der Waals surface area contributed by atoms with Gasteiger partial charge in [0.15, 0.2) is 0 Å². The van der Waals surface area contributed by atoms with Gasteiger partial charge >= 0.3 is 0 Å². The lowest BCUT2D eigenvalue weighted by Crippen LogP contribution is -2.53. The number of carbonyl (C=O) groups excluding carboxylic acids is 2. The van der Waals surface area contributed by atoms with E-state index in [0.717, 1.165) is 16.5 Å². The van der Waals surface area contributed by atoms with Gasteiger partial charge in [0.2, 0.25) is 11.8 Å². The second-order valence-corrected chi connectivity index (χ2v) is 5.80. The van der Waals surface area contributed by atoms with Crippen molar-refractivity contribution in [1.82, 2.24) is 15.2 Å². The van der Waals surface area contributed by atoms with Gasteiger partial charge in [0.05, 0.1) is 19.8 Å². The summed E-state index contributed by atoms with van der Waals surface area (Å²) in [6.07, 6.45) is 4.86. The standard InChI is InChI=1S/C18H21N3O4/c22-12-16(18(24)21-7-9-25-10-8-21)20-17(23)6-5-13-11-19-15-4-2-1-3-14(13)15/h1-6,11,16,19,22H,7-10,12H2,(H,20,23)/t16-/m0/s1. The number of aromatic amines is 1. The van der Waals surface area contributed by atoms with Gasteiger partial charge in [-0.1, -0.05) is 18.2 Å². The van der Waals surface area contributed by atoms with Gasteiger partial charge < -0.3 is 25.0 Å². The van der Waals surface area contributed by atoms with E-state index in [1.165, 1.54) is 6.08 Å². The number of morpholine rings is 1. The molecule has 1 aromatic carbocycles. The number of ether oxygens (including phenoxy) is 1. The van der Waals surface area contributed by atoms with Crippen LogP contribution in [0.3, 0.4) is 0 Å². The Kier molecular flexibility index (Phi) is 5.47. The van der Waals surface area contributed by atoms with Crippen LogP contribution < -0.4 is 5.32 Å². The molecule has 0 radical (unpaired) electrons. The molecule has 0 aliphatic carbocycles. The predicted octanol–water partition coefficient (Wildman–Crippen LogP) is 0.517. The minimum atomic E-state index is -0.946. The lowest BCUT2D eigenvalue weighted by atomic mass is 10.1. The van der Waals surface area contributed by atoms with Gasteiger partial charge in [-0.3, -0.25) is 9.59 Å². The number of nitrogens with one attached hydrogen (secondary N) is 2. The van der Waals surface area contributed by atoms with Crippen molar-refractivity contribution in [3.63, 3.8) is 0 Å². The third kappa shape index (κ3) is 4.07. The molecular weight excluding hydrogens is 322 g/mol. The molecule has 0 unspecified atom stereocenters. The molecular formula is C18H21N3O4. The smallest absolute Gasteiger partial charge is 0.247 e. The lowest BCUT2D eigenvalue weighted by Gasteiger charge is -2.29. The van der Waals surface area contributed by atoms with Crippen LogP contribution in [0, 0.1) is 0 Å². The van der Waals surface area contributed by atoms with Gasteiger partial charge in [-0.15, -0.1) is 0 Å². The van der Waals surface area contributed by atoms with E-state index in [2.05, 4.69) is 10.3 Å². The van der Waals surface area contributed by atoms with Crippen molar-refractivity contribution in [2.75, 3.05) is 32.9 Å². The average molecular weight is 343 g/mol. The SMILES string of the molecule is O=C(C=Cc1c[nH]c2ccccc12)N[C@@H](CO)C(=O)N1CCOCC1. The molecule has 0 bridgehead atoms. The number of para-hydroxylation sites is 1. The van der Waals surface area contributed by atoms with Gasteiger partial charge in [0, 0.05) is 36.3 Å². The molecule has 0 saturated carbocycles. The summed E-state index contributed by atoms with van der Waals surface area (Å²) < 4.78 is 5.20. The van der Waals surface area contributed by atoms with Crippen molar-refractivity contribution in [3.05, 3.63) is 42.1 Å². The highest BCUT2D eigenvalue weighted by Gasteiger charge is 2.26. The summed E-state index contributed by atoms with van der Waals surface area (Å²) in [5.74, 6) is -0.717. The summed E-state index contributed by atoms with van der Waals surface area (Å²) in [6.45, 7) is 1.44. The number of hydrogen-bond acceptors (Lipinski definition) is 4.